The molecule has 1 unspecified atom stereocenters. The minimum Gasteiger partial charge on any atom is -0.478 e. The lowest BCUT2D eigenvalue weighted by atomic mass is 10.1. The lowest BCUT2D eigenvalue weighted by Crippen LogP contribution is -2.25. The average Bonchev–Trinajstić information content (AvgIpc) is 2.15. The van der Waals surface area contributed by atoms with Crippen molar-refractivity contribution in [2.75, 3.05) is 5.32 Å². The summed E-state index contributed by atoms with van der Waals surface area (Å²) in [4.78, 5) is 25.6. The Hall–Kier alpha value is -2.11. The van der Waals surface area contributed by atoms with Crippen LogP contribution in [-0.4, -0.2) is 28.0 Å². The standard InChI is InChI=1S/C11H15N3O3/c1-6-3-9(8(5-13-6)11(16)17)14-7(2)4-10(12)15/h3,5,7H,4H2,1-2H3,(H2,12,15)(H,13,14)(H,16,17). The summed E-state index contributed by atoms with van der Waals surface area (Å²) >= 11 is 0. The molecule has 0 bridgehead atoms. The van der Waals surface area contributed by atoms with Crippen LogP contribution in [0.15, 0.2) is 12.3 Å². The summed E-state index contributed by atoms with van der Waals surface area (Å²) in [6, 6.07) is 1.40. The molecule has 6 heteroatoms. The van der Waals surface area contributed by atoms with Crippen molar-refractivity contribution in [1.82, 2.24) is 4.98 Å². The van der Waals surface area contributed by atoms with Gasteiger partial charge in [-0.1, -0.05) is 0 Å². The number of primary amides is 1. The fraction of sp³-hybridized carbons (Fsp3) is 0.364. The molecule has 0 aliphatic carbocycles. The Morgan fingerprint density at radius 3 is 2.76 bits per heavy atom. The van der Waals surface area contributed by atoms with Crippen molar-refractivity contribution in [1.29, 1.82) is 0 Å². The number of anilines is 1. The number of carbonyl (C=O) groups excluding carboxylic acids is 1. The zero-order valence-corrected chi connectivity index (χ0v) is 9.73. The molecule has 1 aromatic heterocycles. The first-order valence-corrected chi connectivity index (χ1v) is 5.15. The molecule has 0 aromatic carbocycles. The van der Waals surface area contributed by atoms with Crippen LogP contribution < -0.4 is 11.1 Å². The van der Waals surface area contributed by atoms with Gasteiger partial charge in [-0.2, -0.15) is 0 Å². The highest BCUT2D eigenvalue weighted by molar-refractivity contribution is 5.94. The van der Waals surface area contributed by atoms with Crippen LogP contribution in [0.1, 0.15) is 29.4 Å². The maximum atomic E-state index is 11.0. The molecular formula is C11H15N3O3. The first-order chi connectivity index (χ1) is 7.90. The van der Waals surface area contributed by atoms with E-state index in [9.17, 15) is 9.59 Å². The van der Waals surface area contributed by atoms with Crippen LogP contribution in [0, 0.1) is 6.92 Å². The zero-order chi connectivity index (χ0) is 13.0. The fourth-order valence-corrected chi connectivity index (χ4v) is 1.47. The van der Waals surface area contributed by atoms with Gasteiger partial charge in [-0.3, -0.25) is 9.78 Å². The molecule has 6 nitrogen and oxygen atoms in total. The molecule has 0 spiro atoms. The van der Waals surface area contributed by atoms with Crippen LogP contribution in [-0.2, 0) is 4.79 Å². The van der Waals surface area contributed by atoms with E-state index >= 15 is 0 Å². The van der Waals surface area contributed by atoms with Crippen molar-refractivity contribution >= 4 is 17.6 Å². The highest BCUT2D eigenvalue weighted by Gasteiger charge is 2.13. The summed E-state index contributed by atoms with van der Waals surface area (Å²) in [6.45, 7) is 3.52. The minimum absolute atomic E-state index is 0.0759. The normalized spacial score (nSPS) is 11.9. The van der Waals surface area contributed by atoms with Crippen molar-refractivity contribution in [2.45, 2.75) is 26.3 Å². The number of aryl methyl sites for hydroxylation is 1. The molecule has 17 heavy (non-hydrogen) atoms. The number of rotatable bonds is 5. The van der Waals surface area contributed by atoms with Crippen LogP contribution in [0.25, 0.3) is 0 Å². The summed E-state index contributed by atoms with van der Waals surface area (Å²) < 4.78 is 0. The molecular weight excluding hydrogens is 222 g/mol. The maximum absolute atomic E-state index is 11.0. The summed E-state index contributed by atoms with van der Waals surface area (Å²) in [5.74, 6) is -1.50. The summed E-state index contributed by atoms with van der Waals surface area (Å²) in [7, 11) is 0. The lowest BCUT2D eigenvalue weighted by molar-refractivity contribution is -0.118. The number of nitrogens with zero attached hydrogens (tertiary/aromatic N) is 1. The predicted octanol–water partition coefficient (Wildman–Crippen LogP) is 0.764. The van der Waals surface area contributed by atoms with E-state index in [2.05, 4.69) is 10.3 Å². The second-order valence-electron chi connectivity index (χ2n) is 3.89. The number of nitrogens with two attached hydrogens (primary N) is 1. The number of hydrogen-bond acceptors (Lipinski definition) is 4. The van der Waals surface area contributed by atoms with Crippen LogP contribution in [0.2, 0.25) is 0 Å². The SMILES string of the molecule is Cc1cc(NC(C)CC(N)=O)c(C(=O)O)cn1. The third kappa shape index (κ3) is 3.75. The molecule has 0 saturated heterocycles. The summed E-state index contributed by atoms with van der Waals surface area (Å²) in [6.07, 6.45) is 1.43. The molecule has 0 saturated carbocycles. The Balaban J connectivity index is 2.92. The second-order valence-corrected chi connectivity index (χ2v) is 3.89. The van der Waals surface area contributed by atoms with Crippen LogP contribution in [0.4, 0.5) is 5.69 Å². The molecule has 1 rings (SSSR count). The van der Waals surface area contributed by atoms with Gasteiger partial charge in [-0.15, -0.1) is 0 Å². The molecule has 0 aliphatic rings. The average molecular weight is 237 g/mol. The van der Waals surface area contributed by atoms with Gasteiger partial charge in [-0.05, 0) is 19.9 Å². The Morgan fingerprint density at radius 1 is 1.59 bits per heavy atom. The first-order valence-electron chi connectivity index (χ1n) is 5.15. The topological polar surface area (TPSA) is 105 Å². The van der Waals surface area contributed by atoms with Crippen molar-refractivity contribution in [3.05, 3.63) is 23.5 Å². The van der Waals surface area contributed by atoms with Gasteiger partial charge in [0.15, 0.2) is 0 Å². The molecule has 92 valence electrons. The number of hydrogen-bond donors (Lipinski definition) is 3. The number of aromatic carboxylic acids is 1. The van der Waals surface area contributed by atoms with Crippen molar-refractivity contribution in [3.8, 4) is 0 Å². The third-order valence-electron chi connectivity index (χ3n) is 2.18. The molecule has 1 heterocycles. The molecule has 1 aromatic rings. The predicted molar refractivity (Wildman–Crippen MR) is 62.8 cm³/mol. The number of aromatic nitrogens is 1. The maximum Gasteiger partial charge on any atom is 0.339 e. The first kappa shape index (κ1) is 13.0. The number of carbonyl (C=O) groups is 2. The summed E-state index contributed by atoms with van der Waals surface area (Å²) in [5, 5.41) is 11.9. The molecule has 0 aliphatic heterocycles. The highest BCUT2D eigenvalue weighted by atomic mass is 16.4. The number of amides is 1. The molecule has 4 N–H and O–H groups in total. The van der Waals surface area contributed by atoms with Gasteiger partial charge >= 0.3 is 5.97 Å². The number of carboxylic acid groups (broad SMARTS) is 1. The number of pyridine rings is 1. The second kappa shape index (κ2) is 5.29. The molecule has 1 atom stereocenters. The van der Waals surface area contributed by atoms with Crippen LogP contribution >= 0.6 is 0 Å². The lowest BCUT2D eigenvalue weighted by Gasteiger charge is -2.15. The van der Waals surface area contributed by atoms with Gasteiger partial charge < -0.3 is 16.2 Å². The van der Waals surface area contributed by atoms with E-state index in [4.69, 9.17) is 10.8 Å². The number of nitrogens with one attached hydrogen (secondary N) is 1. The van der Waals surface area contributed by atoms with Gasteiger partial charge in [-0.25, -0.2) is 4.79 Å². The van der Waals surface area contributed by atoms with Crippen molar-refractivity contribution in [2.24, 2.45) is 5.73 Å². The van der Waals surface area contributed by atoms with Crippen molar-refractivity contribution in [3.63, 3.8) is 0 Å². The van der Waals surface area contributed by atoms with E-state index in [0.717, 1.165) is 0 Å². The quantitative estimate of drug-likeness (QED) is 0.701. The van der Waals surface area contributed by atoms with Crippen LogP contribution in [0.5, 0.6) is 0 Å². The smallest absolute Gasteiger partial charge is 0.339 e. The van der Waals surface area contributed by atoms with E-state index in [1.807, 2.05) is 0 Å². The fourth-order valence-electron chi connectivity index (χ4n) is 1.47. The van der Waals surface area contributed by atoms with Crippen LogP contribution in [0.3, 0.4) is 0 Å². The Bertz CT molecular complexity index is 446. The van der Waals surface area contributed by atoms with Gasteiger partial charge in [0, 0.05) is 24.4 Å². The minimum atomic E-state index is -1.06. The van der Waals surface area contributed by atoms with Gasteiger partial charge in [0.25, 0.3) is 0 Å². The van der Waals surface area contributed by atoms with Gasteiger partial charge in [0.1, 0.15) is 5.56 Å². The van der Waals surface area contributed by atoms with Crippen molar-refractivity contribution < 1.29 is 14.7 Å². The van der Waals surface area contributed by atoms with E-state index < -0.39 is 11.9 Å². The Morgan fingerprint density at radius 2 is 2.24 bits per heavy atom. The Kier molecular flexibility index (Phi) is 4.03. The number of carboxylic acids is 1. The monoisotopic (exact) mass is 237 g/mol. The van der Waals surface area contributed by atoms with E-state index in [-0.39, 0.29) is 18.0 Å². The molecule has 0 fully saturated rings. The third-order valence-corrected chi connectivity index (χ3v) is 2.18. The largest absolute Gasteiger partial charge is 0.478 e. The van der Waals surface area contributed by atoms with E-state index in [1.54, 1.807) is 19.9 Å². The molecule has 1 amide bonds. The van der Waals surface area contributed by atoms with Gasteiger partial charge in [0.2, 0.25) is 5.91 Å². The van der Waals surface area contributed by atoms with Gasteiger partial charge in [0.05, 0.1) is 5.69 Å². The summed E-state index contributed by atoms with van der Waals surface area (Å²) in [5.41, 5.74) is 6.28. The zero-order valence-electron chi connectivity index (χ0n) is 9.73. The van der Waals surface area contributed by atoms with E-state index in [0.29, 0.717) is 11.4 Å². The highest BCUT2D eigenvalue weighted by Crippen LogP contribution is 2.17. The Labute approximate surface area is 98.8 Å². The van der Waals surface area contributed by atoms with E-state index in [1.165, 1.54) is 6.20 Å². The molecule has 0 radical (unpaired) electrons.